The van der Waals surface area contributed by atoms with Gasteiger partial charge in [-0.3, -0.25) is 4.99 Å². The summed E-state index contributed by atoms with van der Waals surface area (Å²) in [5.74, 6) is -36.9. The van der Waals surface area contributed by atoms with Gasteiger partial charge in [-0.2, -0.15) is 57.1 Å². The molecule has 0 aromatic carbocycles. The van der Waals surface area contributed by atoms with Gasteiger partial charge >= 0.3 is 35.8 Å². The Morgan fingerprint density at radius 3 is 1.13 bits per heavy atom. The second-order valence-corrected chi connectivity index (χ2v) is 4.18. The fraction of sp³-hybridized carbons (Fsp3) is 0.889. The molecule has 23 heavy (non-hydrogen) atoms. The summed E-state index contributed by atoms with van der Waals surface area (Å²) in [6.07, 6.45) is -7.40. The van der Waals surface area contributed by atoms with Gasteiger partial charge < -0.3 is 0 Å². The minimum atomic E-state index is -7.88. The minimum Gasteiger partial charge on any atom is -0.291 e. The molecule has 0 atom stereocenters. The monoisotopic (exact) mass is 375 g/mol. The summed E-state index contributed by atoms with van der Waals surface area (Å²) in [5, 5.41) is 0. The lowest BCUT2D eigenvalue weighted by Gasteiger charge is -2.39. The molecule has 0 aromatic rings. The third-order valence-corrected chi connectivity index (χ3v) is 2.72. The quantitative estimate of drug-likeness (QED) is 0.483. The third kappa shape index (κ3) is 2.73. The number of alkyl halides is 13. The lowest BCUT2D eigenvalue weighted by molar-refractivity contribution is -0.434. The SMILES string of the molecule is CN=C(C)C(F)(F)C(F)(F)C(F)(F)C(F)(F)C(F)(F)C(F)(F)F. The summed E-state index contributed by atoms with van der Waals surface area (Å²) < 4.78 is 164. The molecule has 0 bridgehead atoms. The summed E-state index contributed by atoms with van der Waals surface area (Å²) >= 11 is 0. The van der Waals surface area contributed by atoms with E-state index >= 15 is 0 Å². The van der Waals surface area contributed by atoms with E-state index in [0.29, 0.717) is 7.05 Å². The molecule has 0 saturated carbocycles. The molecule has 0 heterocycles. The predicted octanol–water partition coefficient (Wildman–Crippen LogP) is 4.82. The molecule has 0 rings (SSSR count). The van der Waals surface area contributed by atoms with E-state index < -0.39 is 41.5 Å². The van der Waals surface area contributed by atoms with Gasteiger partial charge in [-0.25, -0.2) is 0 Å². The van der Waals surface area contributed by atoms with Crippen LogP contribution in [-0.4, -0.2) is 48.5 Å². The highest BCUT2D eigenvalue weighted by Crippen LogP contribution is 2.60. The van der Waals surface area contributed by atoms with Crippen LogP contribution >= 0.6 is 0 Å². The first-order valence-electron chi connectivity index (χ1n) is 5.13. The van der Waals surface area contributed by atoms with Crippen LogP contribution in [0.5, 0.6) is 0 Å². The summed E-state index contributed by atoms with van der Waals surface area (Å²) in [6, 6.07) is 0. The molecule has 0 fully saturated rings. The van der Waals surface area contributed by atoms with Crippen molar-refractivity contribution >= 4 is 5.71 Å². The molecule has 0 aliphatic heterocycles. The predicted molar refractivity (Wildman–Crippen MR) is 49.8 cm³/mol. The summed E-state index contributed by atoms with van der Waals surface area (Å²) in [7, 11) is 0.347. The molecular weight excluding hydrogens is 369 g/mol. The summed E-state index contributed by atoms with van der Waals surface area (Å²) in [5.41, 5.74) is -2.19. The molecule has 138 valence electrons. The Balaban J connectivity index is 6.36. The van der Waals surface area contributed by atoms with Crippen molar-refractivity contribution in [2.24, 2.45) is 4.99 Å². The molecule has 14 heteroatoms. The molecule has 0 unspecified atom stereocenters. The van der Waals surface area contributed by atoms with Crippen molar-refractivity contribution in [3.8, 4) is 0 Å². The van der Waals surface area contributed by atoms with Crippen molar-refractivity contribution in [1.82, 2.24) is 0 Å². The average molecular weight is 375 g/mol. The van der Waals surface area contributed by atoms with E-state index in [1.807, 2.05) is 0 Å². The lowest BCUT2D eigenvalue weighted by Crippen LogP contribution is -2.71. The van der Waals surface area contributed by atoms with Gasteiger partial charge in [0.05, 0.1) is 5.71 Å². The maximum Gasteiger partial charge on any atom is 0.460 e. The van der Waals surface area contributed by atoms with Crippen LogP contribution in [0.1, 0.15) is 6.92 Å². The molecule has 0 saturated heterocycles. The second kappa shape index (κ2) is 5.40. The van der Waals surface area contributed by atoms with Gasteiger partial charge in [-0.1, -0.05) is 0 Å². The largest absolute Gasteiger partial charge is 0.460 e. The second-order valence-electron chi connectivity index (χ2n) is 4.18. The smallest absolute Gasteiger partial charge is 0.291 e. The topological polar surface area (TPSA) is 12.4 Å². The van der Waals surface area contributed by atoms with Crippen LogP contribution in [0.3, 0.4) is 0 Å². The van der Waals surface area contributed by atoms with Gasteiger partial charge in [0, 0.05) is 7.05 Å². The zero-order chi connectivity index (χ0) is 19.3. The highest BCUT2D eigenvalue weighted by atomic mass is 19.4. The van der Waals surface area contributed by atoms with Gasteiger partial charge in [-0.15, -0.1) is 0 Å². The van der Waals surface area contributed by atoms with E-state index in [4.69, 9.17) is 0 Å². The molecule has 0 spiro atoms. The van der Waals surface area contributed by atoms with Crippen LogP contribution in [-0.2, 0) is 0 Å². The van der Waals surface area contributed by atoms with E-state index in [-0.39, 0.29) is 6.92 Å². The Morgan fingerprint density at radius 1 is 0.565 bits per heavy atom. The first kappa shape index (κ1) is 21.8. The molecule has 0 amide bonds. The van der Waals surface area contributed by atoms with Crippen LogP contribution in [0.25, 0.3) is 0 Å². The number of aliphatic imine (C=N–C) groups is 1. The number of rotatable bonds is 5. The van der Waals surface area contributed by atoms with Crippen molar-refractivity contribution in [2.45, 2.75) is 42.7 Å². The first-order chi connectivity index (χ1) is 9.73. The lowest BCUT2D eigenvalue weighted by atomic mass is 9.92. The van der Waals surface area contributed by atoms with Crippen molar-refractivity contribution in [1.29, 1.82) is 0 Å². The van der Waals surface area contributed by atoms with Crippen LogP contribution in [0, 0.1) is 0 Å². The Kier molecular flexibility index (Phi) is 5.10. The van der Waals surface area contributed by atoms with E-state index in [2.05, 4.69) is 4.99 Å². The maximum atomic E-state index is 13.1. The zero-order valence-corrected chi connectivity index (χ0v) is 10.9. The standard InChI is InChI=1S/C9H6F13N/c1-3(23-2)4(10,11)5(12,13)6(14,15)7(16,17)8(18,19)9(20,21)22/h1-2H3. The fourth-order valence-corrected chi connectivity index (χ4v) is 1.14. The van der Waals surface area contributed by atoms with Gasteiger partial charge in [0.1, 0.15) is 0 Å². The zero-order valence-electron chi connectivity index (χ0n) is 10.9. The summed E-state index contributed by atoms with van der Waals surface area (Å²) in [6.45, 7) is -0.0377. The molecule has 1 nitrogen and oxygen atoms in total. The first-order valence-corrected chi connectivity index (χ1v) is 5.13. The molecule has 0 N–H and O–H groups in total. The molecule has 0 aliphatic carbocycles. The molecular formula is C9H6F13N. The number of hydrogen-bond donors (Lipinski definition) is 0. The number of nitrogens with zero attached hydrogens (tertiary/aromatic N) is 1. The van der Waals surface area contributed by atoms with Crippen LogP contribution in [0.2, 0.25) is 0 Å². The van der Waals surface area contributed by atoms with E-state index in [1.165, 1.54) is 0 Å². The Bertz CT molecular complexity index is 472. The highest BCUT2D eigenvalue weighted by molar-refractivity contribution is 5.90. The van der Waals surface area contributed by atoms with Crippen LogP contribution < -0.4 is 0 Å². The van der Waals surface area contributed by atoms with Gasteiger partial charge in [0.2, 0.25) is 0 Å². The third-order valence-electron chi connectivity index (χ3n) is 2.72. The van der Waals surface area contributed by atoms with Crippen LogP contribution in [0.4, 0.5) is 57.1 Å². The van der Waals surface area contributed by atoms with Crippen LogP contribution in [0.15, 0.2) is 4.99 Å². The number of halogens is 13. The van der Waals surface area contributed by atoms with E-state index in [0.717, 1.165) is 0 Å². The van der Waals surface area contributed by atoms with Gasteiger partial charge in [0.25, 0.3) is 0 Å². The van der Waals surface area contributed by atoms with Crippen molar-refractivity contribution < 1.29 is 57.1 Å². The Morgan fingerprint density at radius 2 is 0.870 bits per heavy atom. The molecule has 0 aromatic heterocycles. The molecule has 0 radical (unpaired) electrons. The fourth-order valence-electron chi connectivity index (χ4n) is 1.14. The minimum absolute atomic E-state index is 0.0377. The van der Waals surface area contributed by atoms with Gasteiger partial charge in [-0.05, 0) is 6.92 Å². The highest BCUT2D eigenvalue weighted by Gasteiger charge is 2.91. The summed E-state index contributed by atoms with van der Waals surface area (Å²) in [4.78, 5) is 2.33. The average Bonchev–Trinajstić information content (AvgIpc) is 2.35. The van der Waals surface area contributed by atoms with Crippen molar-refractivity contribution in [3.63, 3.8) is 0 Å². The Hall–Kier alpha value is -1.24. The number of hydrogen-bond acceptors (Lipinski definition) is 1. The van der Waals surface area contributed by atoms with Crippen molar-refractivity contribution in [3.05, 3.63) is 0 Å². The van der Waals surface area contributed by atoms with Crippen molar-refractivity contribution in [2.75, 3.05) is 7.05 Å². The maximum absolute atomic E-state index is 13.1. The Labute approximate surface area is 119 Å². The van der Waals surface area contributed by atoms with E-state index in [9.17, 15) is 57.1 Å². The molecule has 0 aliphatic rings. The van der Waals surface area contributed by atoms with Gasteiger partial charge in [0.15, 0.2) is 0 Å². The normalized spacial score (nSPS) is 16.7. The van der Waals surface area contributed by atoms with E-state index in [1.54, 1.807) is 0 Å².